The average Bonchev–Trinajstić information content (AvgIpc) is 2.78. The van der Waals surface area contributed by atoms with E-state index in [4.69, 9.17) is 0 Å². The molecule has 4 bridgehead atoms. The van der Waals surface area contributed by atoms with E-state index in [0.29, 0.717) is 6.04 Å². The van der Waals surface area contributed by atoms with Crippen LogP contribution in [0.5, 0.6) is 0 Å². The van der Waals surface area contributed by atoms with Crippen molar-refractivity contribution in [1.82, 2.24) is 16.0 Å². The second-order valence-corrected chi connectivity index (χ2v) is 7.49. The van der Waals surface area contributed by atoms with Gasteiger partial charge in [0.15, 0.2) is 0 Å². The molecule has 2 amide bonds. The van der Waals surface area contributed by atoms with E-state index in [0.717, 1.165) is 37.3 Å². The van der Waals surface area contributed by atoms with E-state index in [1.54, 1.807) is 0 Å². The number of rotatable bonds is 2. The number of carbonyl (C=O) groups is 1. The number of hydrogen-bond acceptors (Lipinski definition) is 2. The van der Waals surface area contributed by atoms with Gasteiger partial charge < -0.3 is 16.0 Å². The molecule has 0 aromatic rings. The third kappa shape index (κ3) is 2.24. The van der Waals surface area contributed by atoms with Crippen LogP contribution in [-0.2, 0) is 0 Å². The molecule has 5 aliphatic rings. The molecule has 0 spiro atoms. The molecule has 0 unspecified atom stereocenters. The van der Waals surface area contributed by atoms with Crippen molar-refractivity contribution in [2.45, 2.75) is 56.5 Å². The highest BCUT2D eigenvalue weighted by molar-refractivity contribution is 5.75. The molecule has 3 N–H and O–H groups in total. The Bertz CT molecular complexity index is 340. The van der Waals surface area contributed by atoms with Crippen molar-refractivity contribution in [3.63, 3.8) is 0 Å². The Morgan fingerprint density at radius 2 is 1.68 bits per heavy atom. The zero-order chi connectivity index (χ0) is 12.9. The second-order valence-electron chi connectivity index (χ2n) is 7.49. The van der Waals surface area contributed by atoms with Crippen LogP contribution in [0.25, 0.3) is 0 Å². The predicted molar refractivity (Wildman–Crippen MR) is 73.8 cm³/mol. The highest BCUT2D eigenvalue weighted by atomic mass is 16.2. The Hall–Kier alpha value is -0.770. The topological polar surface area (TPSA) is 53.2 Å². The van der Waals surface area contributed by atoms with Crippen LogP contribution in [0, 0.1) is 17.8 Å². The van der Waals surface area contributed by atoms with Gasteiger partial charge in [-0.25, -0.2) is 4.79 Å². The van der Waals surface area contributed by atoms with Crippen LogP contribution in [0.2, 0.25) is 0 Å². The van der Waals surface area contributed by atoms with Crippen LogP contribution >= 0.6 is 0 Å². The minimum Gasteiger partial charge on any atom is -0.334 e. The van der Waals surface area contributed by atoms with Crippen LogP contribution in [0.4, 0.5) is 4.79 Å². The van der Waals surface area contributed by atoms with Gasteiger partial charge >= 0.3 is 6.03 Å². The number of hydrogen-bond donors (Lipinski definition) is 3. The summed E-state index contributed by atoms with van der Waals surface area (Å²) in [6, 6.07) is 0.407. The van der Waals surface area contributed by atoms with Gasteiger partial charge in [0.2, 0.25) is 0 Å². The lowest BCUT2D eigenvalue weighted by Gasteiger charge is -2.56. The summed E-state index contributed by atoms with van der Waals surface area (Å²) in [7, 11) is 0. The maximum absolute atomic E-state index is 12.2. The second kappa shape index (κ2) is 4.37. The van der Waals surface area contributed by atoms with Gasteiger partial charge in [0.1, 0.15) is 0 Å². The molecule has 0 aromatic carbocycles. The van der Waals surface area contributed by atoms with E-state index in [1.165, 1.54) is 38.5 Å². The first-order valence-electron chi connectivity index (χ1n) is 8.00. The van der Waals surface area contributed by atoms with E-state index >= 15 is 0 Å². The first-order chi connectivity index (χ1) is 9.21. The highest BCUT2D eigenvalue weighted by Gasteiger charge is 2.51. The number of amides is 2. The molecule has 4 heteroatoms. The maximum Gasteiger partial charge on any atom is 0.315 e. The summed E-state index contributed by atoms with van der Waals surface area (Å²) >= 11 is 0. The molecular formula is C15H25N3O. The van der Waals surface area contributed by atoms with Gasteiger partial charge in [-0.15, -0.1) is 0 Å². The molecule has 5 fully saturated rings. The van der Waals surface area contributed by atoms with E-state index in [9.17, 15) is 4.79 Å². The van der Waals surface area contributed by atoms with Crippen molar-refractivity contribution >= 4 is 6.03 Å². The summed E-state index contributed by atoms with van der Waals surface area (Å²) in [5.41, 5.74) is 0.144. The fourth-order valence-corrected chi connectivity index (χ4v) is 5.50. The van der Waals surface area contributed by atoms with Crippen molar-refractivity contribution in [2.75, 3.05) is 13.1 Å². The van der Waals surface area contributed by atoms with Gasteiger partial charge in [0, 0.05) is 18.1 Å². The van der Waals surface area contributed by atoms with Gasteiger partial charge in [0.25, 0.3) is 0 Å². The minimum absolute atomic E-state index is 0.0793. The van der Waals surface area contributed by atoms with E-state index < -0.39 is 0 Å². The molecule has 4 nitrogen and oxygen atoms in total. The third-order valence-electron chi connectivity index (χ3n) is 5.81. The standard InChI is InChI=1S/C15H25N3O/c19-14(17-13-1-2-16-9-13)18-15-6-10-3-11(7-15)5-12(4-10)8-15/h10-13,16H,1-9H2,(H2,17,18,19)/t10?,11?,12?,13-,15?/m1/s1. The Balaban J connectivity index is 1.40. The Morgan fingerprint density at radius 3 is 2.21 bits per heavy atom. The van der Waals surface area contributed by atoms with Gasteiger partial charge in [-0.2, -0.15) is 0 Å². The van der Waals surface area contributed by atoms with Crippen molar-refractivity contribution in [3.8, 4) is 0 Å². The number of nitrogens with one attached hydrogen (secondary N) is 3. The van der Waals surface area contributed by atoms with Gasteiger partial charge in [-0.05, 0) is 69.2 Å². The predicted octanol–water partition coefficient (Wildman–Crippen LogP) is 1.62. The summed E-state index contributed by atoms with van der Waals surface area (Å²) in [4.78, 5) is 12.2. The molecule has 4 saturated carbocycles. The fraction of sp³-hybridized carbons (Fsp3) is 0.933. The molecule has 106 valence electrons. The van der Waals surface area contributed by atoms with Crippen LogP contribution in [0.3, 0.4) is 0 Å². The number of urea groups is 1. The molecular weight excluding hydrogens is 238 g/mol. The van der Waals surface area contributed by atoms with Crippen molar-refractivity contribution < 1.29 is 4.79 Å². The zero-order valence-corrected chi connectivity index (χ0v) is 11.6. The van der Waals surface area contributed by atoms with E-state index in [2.05, 4.69) is 16.0 Å². The van der Waals surface area contributed by atoms with Crippen molar-refractivity contribution in [2.24, 2.45) is 17.8 Å². The monoisotopic (exact) mass is 263 g/mol. The van der Waals surface area contributed by atoms with Crippen LogP contribution in [-0.4, -0.2) is 30.7 Å². The normalized spacial score (nSPS) is 47.4. The third-order valence-corrected chi connectivity index (χ3v) is 5.81. The van der Waals surface area contributed by atoms with E-state index in [1.807, 2.05) is 0 Å². The largest absolute Gasteiger partial charge is 0.334 e. The molecule has 1 saturated heterocycles. The Kier molecular flexibility index (Phi) is 2.76. The Labute approximate surface area is 115 Å². The van der Waals surface area contributed by atoms with Gasteiger partial charge in [-0.1, -0.05) is 0 Å². The highest BCUT2D eigenvalue weighted by Crippen LogP contribution is 2.55. The summed E-state index contributed by atoms with van der Waals surface area (Å²) in [6.45, 7) is 1.95. The lowest BCUT2D eigenvalue weighted by molar-refractivity contribution is -0.0136. The number of carbonyl (C=O) groups excluding carboxylic acids is 1. The molecule has 1 atom stereocenters. The lowest BCUT2D eigenvalue weighted by atomic mass is 9.53. The fourth-order valence-electron chi connectivity index (χ4n) is 5.50. The minimum atomic E-state index is 0.0793. The zero-order valence-electron chi connectivity index (χ0n) is 11.6. The van der Waals surface area contributed by atoms with Crippen molar-refractivity contribution in [3.05, 3.63) is 0 Å². The van der Waals surface area contributed by atoms with Crippen LogP contribution in [0.1, 0.15) is 44.9 Å². The molecule has 1 heterocycles. The maximum atomic E-state index is 12.2. The van der Waals surface area contributed by atoms with Gasteiger partial charge in [0.05, 0.1) is 0 Å². The SMILES string of the molecule is O=C(N[C@@H]1CCNC1)NC12CC3CC(CC(C3)C1)C2. The summed E-state index contributed by atoms with van der Waals surface area (Å²) in [5.74, 6) is 2.67. The smallest absolute Gasteiger partial charge is 0.315 e. The van der Waals surface area contributed by atoms with Crippen LogP contribution < -0.4 is 16.0 Å². The molecule has 1 aliphatic heterocycles. The van der Waals surface area contributed by atoms with Crippen LogP contribution in [0.15, 0.2) is 0 Å². The first-order valence-corrected chi connectivity index (χ1v) is 8.00. The quantitative estimate of drug-likeness (QED) is 0.709. The van der Waals surface area contributed by atoms with Gasteiger partial charge in [-0.3, -0.25) is 0 Å². The first kappa shape index (κ1) is 12.0. The summed E-state index contributed by atoms with van der Waals surface area (Å²) in [5, 5.41) is 9.81. The average molecular weight is 263 g/mol. The Morgan fingerprint density at radius 1 is 1.05 bits per heavy atom. The molecule has 0 aromatic heterocycles. The molecule has 19 heavy (non-hydrogen) atoms. The van der Waals surface area contributed by atoms with E-state index in [-0.39, 0.29) is 11.6 Å². The molecule has 0 radical (unpaired) electrons. The molecule has 5 rings (SSSR count). The summed E-state index contributed by atoms with van der Waals surface area (Å²) in [6.07, 6.45) is 9.04. The lowest BCUT2D eigenvalue weighted by Crippen LogP contribution is -2.62. The van der Waals surface area contributed by atoms with Crippen molar-refractivity contribution in [1.29, 1.82) is 0 Å². The summed E-state index contributed by atoms with van der Waals surface area (Å²) < 4.78 is 0. The molecule has 4 aliphatic carbocycles.